The molecule has 0 aliphatic rings. The van der Waals surface area contributed by atoms with Crippen molar-refractivity contribution in [1.82, 2.24) is 9.78 Å². The number of benzene rings is 1. The van der Waals surface area contributed by atoms with Gasteiger partial charge in [-0.2, -0.15) is 5.10 Å². The summed E-state index contributed by atoms with van der Waals surface area (Å²) < 4.78 is 3.11. The predicted molar refractivity (Wildman–Crippen MR) is 89.0 cm³/mol. The van der Waals surface area contributed by atoms with E-state index < -0.39 is 0 Å². The Morgan fingerprint density at radius 3 is 2.75 bits per heavy atom. The van der Waals surface area contributed by atoms with Crippen molar-refractivity contribution in [2.24, 2.45) is 0 Å². The van der Waals surface area contributed by atoms with Crippen LogP contribution in [-0.2, 0) is 13.0 Å². The van der Waals surface area contributed by atoms with Crippen LogP contribution in [0.1, 0.15) is 29.8 Å². The molecule has 0 aliphatic heterocycles. The Balaban J connectivity index is 2.31. The first-order valence-electron chi connectivity index (χ1n) is 6.60. The van der Waals surface area contributed by atoms with Crippen LogP contribution in [-0.4, -0.2) is 15.7 Å². The van der Waals surface area contributed by atoms with E-state index >= 15 is 0 Å². The first kappa shape index (κ1) is 15.9. The molecule has 20 heavy (non-hydrogen) atoms. The number of rotatable bonds is 5. The van der Waals surface area contributed by atoms with Crippen molar-refractivity contribution >= 4 is 39.1 Å². The second-order valence-corrected chi connectivity index (χ2v) is 6.31. The number of aromatic nitrogens is 2. The Morgan fingerprint density at radius 2 is 2.15 bits per heavy atom. The molecule has 2 rings (SSSR count). The van der Waals surface area contributed by atoms with Gasteiger partial charge in [-0.05, 0) is 53.9 Å². The molecule has 1 atom stereocenters. The molecule has 0 aliphatic carbocycles. The minimum absolute atomic E-state index is 0.230. The van der Waals surface area contributed by atoms with Crippen molar-refractivity contribution in [3.8, 4) is 0 Å². The van der Waals surface area contributed by atoms with Gasteiger partial charge in [-0.1, -0.05) is 23.7 Å². The summed E-state index contributed by atoms with van der Waals surface area (Å²) in [4.78, 5) is 0. The van der Waals surface area contributed by atoms with E-state index in [1.807, 2.05) is 29.8 Å². The first-order chi connectivity index (χ1) is 9.56. The molecule has 2 nitrogen and oxygen atoms in total. The summed E-state index contributed by atoms with van der Waals surface area (Å²) in [6.07, 6.45) is 0.846. The molecule has 0 N–H and O–H groups in total. The van der Waals surface area contributed by atoms with Crippen molar-refractivity contribution in [2.45, 2.75) is 32.7 Å². The SMILES string of the molecule is CCn1nc(C)c(Br)c1CC(CCl)c1cccc(Cl)c1. The summed E-state index contributed by atoms with van der Waals surface area (Å²) in [5.74, 6) is 0.786. The molecular weight excluding hydrogens is 359 g/mol. The van der Waals surface area contributed by atoms with Crippen LogP contribution in [0.15, 0.2) is 28.7 Å². The minimum atomic E-state index is 0.230. The van der Waals surface area contributed by atoms with E-state index in [4.69, 9.17) is 23.2 Å². The molecular formula is C15H17BrCl2N2. The molecule has 2 aromatic rings. The van der Waals surface area contributed by atoms with E-state index in [9.17, 15) is 0 Å². The Morgan fingerprint density at radius 1 is 1.40 bits per heavy atom. The zero-order valence-corrected chi connectivity index (χ0v) is 14.6. The average Bonchev–Trinajstić information content (AvgIpc) is 2.71. The Kier molecular flexibility index (Phi) is 5.53. The van der Waals surface area contributed by atoms with Gasteiger partial charge in [0, 0.05) is 23.4 Å². The third-order valence-corrected chi connectivity index (χ3v) is 5.04. The lowest BCUT2D eigenvalue weighted by Crippen LogP contribution is -2.10. The second kappa shape index (κ2) is 6.97. The summed E-state index contributed by atoms with van der Waals surface area (Å²) in [6.45, 7) is 4.96. The van der Waals surface area contributed by atoms with Crippen LogP contribution >= 0.6 is 39.1 Å². The lowest BCUT2D eigenvalue weighted by atomic mass is 9.96. The monoisotopic (exact) mass is 374 g/mol. The van der Waals surface area contributed by atoms with Crippen LogP contribution < -0.4 is 0 Å². The zero-order valence-electron chi connectivity index (χ0n) is 11.5. The van der Waals surface area contributed by atoms with Crippen LogP contribution in [0.4, 0.5) is 0 Å². The smallest absolute Gasteiger partial charge is 0.0738 e. The first-order valence-corrected chi connectivity index (χ1v) is 8.30. The van der Waals surface area contributed by atoms with E-state index in [0.717, 1.165) is 28.2 Å². The average molecular weight is 376 g/mol. The summed E-state index contributed by atoms with van der Waals surface area (Å²) in [5, 5.41) is 5.27. The number of halogens is 3. The lowest BCUT2D eigenvalue weighted by molar-refractivity contribution is 0.595. The molecule has 1 unspecified atom stereocenters. The molecule has 0 spiro atoms. The highest BCUT2D eigenvalue weighted by molar-refractivity contribution is 9.10. The second-order valence-electron chi connectivity index (χ2n) is 4.77. The third-order valence-electron chi connectivity index (χ3n) is 3.40. The molecule has 0 bridgehead atoms. The molecule has 0 amide bonds. The molecule has 108 valence electrons. The van der Waals surface area contributed by atoms with Crippen molar-refractivity contribution in [3.63, 3.8) is 0 Å². The van der Waals surface area contributed by atoms with Crippen molar-refractivity contribution in [2.75, 3.05) is 5.88 Å². The fourth-order valence-corrected chi connectivity index (χ4v) is 3.25. The van der Waals surface area contributed by atoms with Gasteiger partial charge in [0.1, 0.15) is 0 Å². The van der Waals surface area contributed by atoms with E-state index in [0.29, 0.717) is 5.88 Å². The summed E-state index contributed by atoms with van der Waals surface area (Å²) in [6, 6.07) is 7.91. The zero-order chi connectivity index (χ0) is 14.7. The number of nitrogens with zero attached hydrogens (tertiary/aromatic N) is 2. The highest BCUT2D eigenvalue weighted by Gasteiger charge is 2.18. The fourth-order valence-electron chi connectivity index (χ4n) is 2.32. The van der Waals surface area contributed by atoms with Gasteiger partial charge in [0.25, 0.3) is 0 Å². The maximum absolute atomic E-state index is 6.17. The lowest BCUT2D eigenvalue weighted by Gasteiger charge is -2.16. The molecule has 5 heteroatoms. The Bertz CT molecular complexity index is 596. The molecule has 0 saturated carbocycles. The molecule has 1 aromatic heterocycles. The molecule has 1 aromatic carbocycles. The quantitative estimate of drug-likeness (QED) is 0.657. The van der Waals surface area contributed by atoms with Gasteiger partial charge in [0.05, 0.1) is 15.9 Å². The topological polar surface area (TPSA) is 17.8 Å². The van der Waals surface area contributed by atoms with Crippen LogP contribution in [0.25, 0.3) is 0 Å². The summed E-state index contributed by atoms with van der Waals surface area (Å²) in [7, 11) is 0. The van der Waals surface area contributed by atoms with Gasteiger partial charge in [-0.15, -0.1) is 11.6 Å². The number of hydrogen-bond donors (Lipinski definition) is 0. The van der Waals surface area contributed by atoms with Gasteiger partial charge in [-0.25, -0.2) is 0 Å². The molecule has 0 saturated heterocycles. The van der Waals surface area contributed by atoms with E-state index in [1.54, 1.807) is 0 Å². The van der Waals surface area contributed by atoms with E-state index in [1.165, 1.54) is 11.3 Å². The van der Waals surface area contributed by atoms with Crippen molar-refractivity contribution in [1.29, 1.82) is 0 Å². The normalized spacial score (nSPS) is 12.7. The largest absolute Gasteiger partial charge is 0.268 e. The third kappa shape index (κ3) is 3.38. The maximum Gasteiger partial charge on any atom is 0.0738 e. The number of alkyl halides is 1. The Labute approximate surface area is 138 Å². The van der Waals surface area contributed by atoms with Gasteiger partial charge in [0.15, 0.2) is 0 Å². The van der Waals surface area contributed by atoms with E-state index in [2.05, 4.69) is 34.0 Å². The van der Waals surface area contributed by atoms with Gasteiger partial charge >= 0.3 is 0 Å². The number of hydrogen-bond acceptors (Lipinski definition) is 1. The molecule has 1 heterocycles. The standard InChI is InChI=1S/C15H17BrCl2N2/c1-3-20-14(15(16)10(2)19-20)8-12(9-17)11-5-4-6-13(18)7-11/h4-7,12H,3,8-9H2,1-2H3. The van der Waals surface area contributed by atoms with Crippen LogP contribution in [0.5, 0.6) is 0 Å². The number of aryl methyl sites for hydroxylation is 2. The van der Waals surface area contributed by atoms with Crippen LogP contribution in [0.2, 0.25) is 5.02 Å². The summed E-state index contributed by atoms with van der Waals surface area (Å²) >= 11 is 15.9. The van der Waals surface area contributed by atoms with Gasteiger partial charge in [0.2, 0.25) is 0 Å². The van der Waals surface area contributed by atoms with Crippen LogP contribution in [0.3, 0.4) is 0 Å². The van der Waals surface area contributed by atoms with Crippen LogP contribution in [0, 0.1) is 6.92 Å². The van der Waals surface area contributed by atoms with Crippen molar-refractivity contribution < 1.29 is 0 Å². The van der Waals surface area contributed by atoms with Gasteiger partial charge in [-0.3, -0.25) is 4.68 Å². The Hall–Kier alpha value is -0.510. The predicted octanol–water partition coefficient (Wildman–Crippen LogP) is 5.19. The molecule has 0 fully saturated rings. The molecule has 0 radical (unpaired) electrons. The summed E-state index contributed by atoms with van der Waals surface area (Å²) in [5.41, 5.74) is 3.37. The maximum atomic E-state index is 6.17. The van der Waals surface area contributed by atoms with Crippen molar-refractivity contribution in [3.05, 3.63) is 50.7 Å². The highest BCUT2D eigenvalue weighted by Crippen LogP contribution is 2.29. The van der Waals surface area contributed by atoms with E-state index in [-0.39, 0.29) is 5.92 Å². The highest BCUT2D eigenvalue weighted by atomic mass is 79.9. The minimum Gasteiger partial charge on any atom is -0.268 e. The fraction of sp³-hybridized carbons (Fsp3) is 0.400. The van der Waals surface area contributed by atoms with Gasteiger partial charge < -0.3 is 0 Å².